The maximum absolute atomic E-state index is 14.0. The second-order valence-corrected chi connectivity index (χ2v) is 7.38. The fourth-order valence-corrected chi connectivity index (χ4v) is 3.32. The van der Waals surface area contributed by atoms with Crippen molar-refractivity contribution in [1.82, 2.24) is 9.55 Å². The lowest BCUT2D eigenvalue weighted by Crippen LogP contribution is -2.40. The topological polar surface area (TPSA) is 101 Å². The Morgan fingerprint density at radius 2 is 1.76 bits per heavy atom. The number of nitrogens with two attached hydrogens (primary N) is 1. The fourth-order valence-electron chi connectivity index (χ4n) is 3.32. The van der Waals surface area contributed by atoms with Crippen molar-refractivity contribution in [3.63, 3.8) is 0 Å². The molecule has 3 aromatic rings. The minimum atomic E-state index is -0.834. The third kappa shape index (κ3) is 5.43. The average molecular weight is 454 g/mol. The lowest BCUT2D eigenvalue weighted by molar-refractivity contribution is -0.114. The van der Waals surface area contributed by atoms with Crippen LogP contribution in [0, 0.1) is 11.6 Å². The first-order valence-electron chi connectivity index (χ1n) is 10.4. The smallest absolute Gasteiger partial charge is 0.330 e. The van der Waals surface area contributed by atoms with E-state index in [1.54, 1.807) is 30.3 Å². The number of unbranched alkanes of at least 4 members (excludes halogenated alkanes) is 1. The Labute approximate surface area is 188 Å². The maximum atomic E-state index is 14.0. The molecular formula is C24H24F2N4O3. The Hall–Kier alpha value is -4.01. The molecule has 0 aliphatic heterocycles. The third-order valence-corrected chi connectivity index (χ3v) is 5.06. The summed E-state index contributed by atoms with van der Waals surface area (Å²) < 4.78 is 29.2. The number of hydrogen-bond acceptors (Lipinski definition) is 4. The van der Waals surface area contributed by atoms with E-state index in [0.717, 1.165) is 35.6 Å². The van der Waals surface area contributed by atoms with Crippen LogP contribution in [0.4, 0.5) is 20.3 Å². The zero-order valence-corrected chi connectivity index (χ0v) is 18.1. The number of anilines is 2. The minimum absolute atomic E-state index is 0.0526. The van der Waals surface area contributed by atoms with E-state index in [4.69, 9.17) is 5.73 Å². The normalized spacial score (nSPS) is 11.1. The summed E-state index contributed by atoms with van der Waals surface area (Å²) in [5.41, 5.74) is 4.75. The minimum Gasteiger partial charge on any atom is -0.383 e. The number of nitrogens with one attached hydrogen (secondary N) is 1. The molecule has 3 N–H and O–H groups in total. The SMILES string of the molecule is CCCCn1c(N)c(N(Cc2ccccc2)C(=O)/C=C/c2c(F)cccc2F)c(=O)[nH]c1=O. The monoisotopic (exact) mass is 454 g/mol. The van der Waals surface area contributed by atoms with Crippen LogP contribution in [0.25, 0.3) is 6.08 Å². The molecule has 0 saturated heterocycles. The van der Waals surface area contributed by atoms with Gasteiger partial charge in [0.1, 0.15) is 17.5 Å². The predicted octanol–water partition coefficient (Wildman–Crippen LogP) is 3.44. The molecule has 1 heterocycles. The van der Waals surface area contributed by atoms with Gasteiger partial charge in [0.2, 0.25) is 0 Å². The quantitative estimate of drug-likeness (QED) is 0.509. The Morgan fingerprint density at radius 1 is 1.09 bits per heavy atom. The molecule has 0 atom stereocenters. The molecule has 0 bridgehead atoms. The Morgan fingerprint density at radius 3 is 2.39 bits per heavy atom. The van der Waals surface area contributed by atoms with Crippen molar-refractivity contribution >= 4 is 23.5 Å². The van der Waals surface area contributed by atoms with E-state index in [9.17, 15) is 23.2 Å². The van der Waals surface area contributed by atoms with E-state index in [1.807, 2.05) is 6.92 Å². The highest BCUT2D eigenvalue weighted by Crippen LogP contribution is 2.21. The lowest BCUT2D eigenvalue weighted by Gasteiger charge is -2.23. The van der Waals surface area contributed by atoms with Gasteiger partial charge < -0.3 is 5.73 Å². The number of rotatable bonds is 8. The van der Waals surface area contributed by atoms with Gasteiger partial charge in [-0.15, -0.1) is 0 Å². The van der Waals surface area contributed by atoms with Crippen molar-refractivity contribution in [2.75, 3.05) is 10.6 Å². The van der Waals surface area contributed by atoms with Gasteiger partial charge in [-0.25, -0.2) is 13.6 Å². The Bertz CT molecular complexity index is 1260. The van der Waals surface area contributed by atoms with Gasteiger partial charge in [-0.3, -0.25) is 24.0 Å². The molecule has 0 aliphatic rings. The summed E-state index contributed by atoms with van der Waals surface area (Å²) in [5.74, 6) is -2.57. The number of nitrogen functional groups attached to an aromatic ring is 1. The number of aromatic nitrogens is 2. The second-order valence-electron chi connectivity index (χ2n) is 7.38. The molecule has 9 heteroatoms. The number of H-pyrrole nitrogens is 1. The van der Waals surface area contributed by atoms with E-state index in [-0.39, 0.29) is 30.2 Å². The lowest BCUT2D eigenvalue weighted by atomic mass is 10.1. The highest BCUT2D eigenvalue weighted by Gasteiger charge is 2.23. The van der Waals surface area contributed by atoms with Gasteiger partial charge in [0.05, 0.1) is 6.54 Å². The summed E-state index contributed by atoms with van der Waals surface area (Å²) in [6.45, 7) is 2.14. The van der Waals surface area contributed by atoms with Crippen molar-refractivity contribution in [3.05, 3.63) is 98.2 Å². The number of benzene rings is 2. The molecular weight excluding hydrogens is 430 g/mol. The van der Waals surface area contributed by atoms with Crippen molar-refractivity contribution in [1.29, 1.82) is 0 Å². The molecule has 1 amide bonds. The average Bonchev–Trinajstić information content (AvgIpc) is 2.78. The molecule has 0 fully saturated rings. The van der Waals surface area contributed by atoms with E-state index < -0.39 is 28.8 Å². The number of halogens is 2. The van der Waals surface area contributed by atoms with Crippen LogP contribution < -0.4 is 21.9 Å². The molecule has 0 unspecified atom stereocenters. The van der Waals surface area contributed by atoms with Crippen LogP contribution in [0.15, 0.2) is 64.2 Å². The molecule has 0 radical (unpaired) electrons. The van der Waals surface area contributed by atoms with E-state index in [0.29, 0.717) is 12.0 Å². The molecule has 1 aromatic heterocycles. The van der Waals surface area contributed by atoms with Gasteiger partial charge in [-0.1, -0.05) is 49.7 Å². The van der Waals surface area contributed by atoms with Crippen LogP contribution in [0.2, 0.25) is 0 Å². The molecule has 0 aliphatic carbocycles. The van der Waals surface area contributed by atoms with Crippen molar-refractivity contribution in [3.8, 4) is 0 Å². The molecule has 3 rings (SSSR count). The maximum Gasteiger partial charge on any atom is 0.330 e. The summed E-state index contributed by atoms with van der Waals surface area (Å²) in [5, 5.41) is 0. The first-order chi connectivity index (χ1) is 15.8. The van der Waals surface area contributed by atoms with Crippen molar-refractivity contribution in [2.24, 2.45) is 0 Å². The van der Waals surface area contributed by atoms with Crippen LogP contribution in [0.1, 0.15) is 30.9 Å². The number of carbonyl (C=O) groups excluding carboxylic acids is 1. The van der Waals surface area contributed by atoms with Gasteiger partial charge in [0.25, 0.3) is 11.5 Å². The van der Waals surface area contributed by atoms with E-state index >= 15 is 0 Å². The summed E-state index contributed by atoms with van der Waals surface area (Å²) in [6, 6.07) is 12.2. The second kappa shape index (κ2) is 10.5. The Kier molecular flexibility index (Phi) is 7.55. The highest BCUT2D eigenvalue weighted by atomic mass is 19.1. The summed E-state index contributed by atoms with van der Waals surface area (Å²) >= 11 is 0. The van der Waals surface area contributed by atoms with Gasteiger partial charge in [0, 0.05) is 18.2 Å². The van der Waals surface area contributed by atoms with Gasteiger partial charge >= 0.3 is 5.69 Å². The summed E-state index contributed by atoms with van der Waals surface area (Å²) in [7, 11) is 0. The predicted molar refractivity (Wildman–Crippen MR) is 124 cm³/mol. The standard InChI is InChI=1S/C24H24F2N4O3/c1-2-3-14-29-22(27)21(23(32)28-24(29)33)30(15-16-8-5-4-6-9-16)20(31)13-12-17-18(25)10-7-11-19(17)26/h4-13H,2-3,14-15,27H2,1H3,(H,28,32,33)/b13-12+. The third-order valence-electron chi connectivity index (χ3n) is 5.06. The molecule has 172 valence electrons. The molecule has 0 saturated carbocycles. The van der Waals surface area contributed by atoms with Crippen LogP contribution in [-0.2, 0) is 17.9 Å². The van der Waals surface area contributed by atoms with Gasteiger partial charge in [-0.2, -0.15) is 0 Å². The number of hydrogen-bond donors (Lipinski definition) is 2. The van der Waals surface area contributed by atoms with Crippen molar-refractivity contribution in [2.45, 2.75) is 32.9 Å². The molecule has 2 aromatic carbocycles. The first-order valence-corrected chi connectivity index (χ1v) is 10.4. The molecule has 7 nitrogen and oxygen atoms in total. The Balaban J connectivity index is 2.09. The number of amides is 1. The number of carbonyl (C=O) groups is 1. The number of nitrogens with zero attached hydrogens (tertiary/aromatic N) is 2. The van der Waals surface area contributed by atoms with E-state index in [1.165, 1.54) is 10.6 Å². The summed E-state index contributed by atoms with van der Waals surface area (Å²) in [4.78, 5) is 41.4. The van der Waals surface area contributed by atoms with Gasteiger partial charge in [0.15, 0.2) is 5.69 Å². The highest BCUT2D eigenvalue weighted by molar-refractivity contribution is 6.05. The zero-order valence-electron chi connectivity index (χ0n) is 18.1. The van der Waals surface area contributed by atoms with Crippen LogP contribution in [-0.4, -0.2) is 15.5 Å². The molecule has 33 heavy (non-hydrogen) atoms. The van der Waals surface area contributed by atoms with Crippen LogP contribution in [0.5, 0.6) is 0 Å². The largest absolute Gasteiger partial charge is 0.383 e. The first kappa shape index (κ1) is 23.6. The van der Waals surface area contributed by atoms with Crippen LogP contribution in [0.3, 0.4) is 0 Å². The molecule has 0 spiro atoms. The van der Waals surface area contributed by atoms with E-state index in [2.05, 4.69) is 4.98 Å². The zero-order chi connectivity index (χ0) is 24.0. The van der Waals surface area contributed by atoms with Crippen LogP contribution >= 0.6 is 0 Å². The van der Waals surface area contributed by atoms with Gasteiger partial charge in [-0.05, 0) is 30.2 Å². The fraction of sp³-hybridized carbons (Fsp3) is 0.208. The van der Waals surface area contributed by atoms with Crippen molar-refractivity contribution < 1.29 is 13.6 Å². The number of aromatic amines is 1. The summed E-state index contributed by atoms with van der Waals surface area (Å²) in [6.07, 6.45) is 3.38.